The molecule has 0 aliphatic heterocycles. The maximum absolute atomic E-state index is 13.5. The van der Waals surface area contributed by atoms with Crippen molar-refractivity contribution < 1.29 is 34.1 Å². The summed E-state index contributed by atoms with van der Waals surface area (Å²) in [6.45, 7) is 1.29. The first-order chi connectivity index (χ1) is 19.6. The van der Waals surface area contributed by atoms with Crippen LogP contribution in [-0.4, -0.2) is 58.3 Å². The Labute approximate surface area is 237 Å². The van der Waals surface area contributed by atoms with Gasteiger partial charge in [-0.15, -0.1) is 0 Å². The van der Waals surface area contributed by atoms with Crippen molar-refractivity contribution in [3.63, 3.8) is 0 Å². The summed E-state index contributed by atoms with van der Waals surface area (Å²) in [5, 5.41) is 27.1. The first kappa shape index (κ1) is 30.6. The molecule has 0 bridgehead atoms. The van der Waals surface area contributed by atoms with Crippen molar-refractivity contribution in [1.82, 2.24) is 16.0 Å². The fourth-order valence-electron chi connectivity index (χ4n) is 4.00. The number of carbonyl (C=O) groups is 4. The molecule has 0 saturated carbocycles. The number of aliphatic hydroxyl groups excluding tert-OH is 1. The van der Waals surface area contributed by atoms with Gasteiger partial charge in [0.25, 0.3) is 0 Å². The smallest absolute Gasteiger partial charge is 0.408 e. The summed E-state index contributed by atoms with van der Waals surface area (Å²) in [5.41, 5.74) is 7.43. The Morgan fingerprint density at radius 2 is 1.22 bits per heavy atom. The number of rotatable bonds is 13. The summed E-state index contributed by atoms with van der Waals surface area (Å²) in [6.07, 6.45) is -2.04. The Kier molecular flexibility index (Phi) is 11.2. The second-order valence-electron chi connectivity index (χ2n) is 9.51. The van der Waals surface area contributed by atoms with E-state index in [1.165, 1.54) is 19.1 Å². The van der Waals surface area contributed by atoms with Crippen LogP contribution in [-0.2, 0) is 38.6 Å². The molecule has 0 aliphatic rings. The molecule has 0 spiro atoms. The lowest BCUT2D eigenvalue weighted by molar-refractivity contribution is -0.133. The van der Waals surface area contributed by atoms with E-state index >= 15 is 0 Å². The number of nitrogens with one attached hydrogen (secondary N) is 3. The van der Waals surface area contributed by atoms with Crippen LogP contribution in [0.15, 0.2) is 84.9 Å². The van der Waals surface area contributed by atoms with Gasteiger partial charge in [0.1, 0.15) is 30.5 Å². The number of amides is 4. The van der Waals surface area contributed by atoms with E-state index in [0.717, 1.165) is 11.1 Å². The summed E-state index contributed by atoms with van der Waals surface area (Å²) in [5.74, 6) is -2.39. The standard InChI is InChI=1S/C30H34N4O7/c1-19(35)26(27(31)37)34-29(39)24(17-21-12-14-23(36)15-13-21)32-28(38)25(16-20-8-4-2-5-9-20)33-30(40)41-18-22-10-6-3-7-11-22/h2-15,19,24-26,35-36H,16-18H2,1H3,(H2,31,37)(H,32,38)(H,33,40)(H,34,39)/t19-,24-,25-,26+/m1/s1. The number of phenolic OH excluding ortho intramolecular Hbond substituents is 1. The monoisotopic (exact) mass is 562 g/mol. The Balaban J connectivity index is 1.80. The number of nitrogens with two attached hydrogens (primary N) is 1. The molecule has 216 valence electrons. The van der Waals surface area contributed by atoms with E-state index in [0.29, 0.717) is 5.56 Å². The van der Waals surface area contributed by atoms with Gasteiger partial charge in [-0.05, 0) is 35.7 Å². The van der Waals surface area contributed by atoms with Gasteiger partial charge in [0.15, 0.2) is 0 Å². The van der Waals surface area contributed by atoms with Crippen LogP contribution in [0.4, 0.5) is 4.79 Å². The molecule has 4 amide bonds. The Hall–Kier alpha value is -4.90. The van der Waals surface area contributed by atoms with Gasteiger partial charge in [0.05, 0.1) is 6.10 Å². The third-order valence-electron chi connectivity index (χ3n) is 6.20. The minimum absolute atomic E-state index is 0.00785. The molecule has 7 N–H and O–H groups in total. The van der Waals surface area contributed by atoms with E-state index in [1.54, 1.807) is 48.5 Å². The van der Waals surface area contributed by atoms with Crippen molar-refractivity contribution in [3.8, 4) is 5.75 Å². The Morgan fingerprint density at radius 1 is 0.732 bits per heavy atom. The summed E-state index contributed by atoms with van der Waals surface area (Å²) in [4.78, 5) is 51.2. The van der Waals surface area contributed by atoms with Crippen molar-refractivity contribution in [2.24, 2.45) is 5.73 Å². The lowest BCUT2D eigenvalue weighted by Gasteiger charge is -2.25. The van der Waals surface area contributed by atoms with Crippen LogP contribution in [0.1, 0.15) is 23.6 Å². The van der Waals surface area contributed by atoms with E-state index in [-0.39, 0.29) is 25.2 Å². The van der Waals surface area contributed by atoms with E-state index < -0.39 is 48.0 Å². The minimum atomic E-state index is -1.40. The molecule has 3 aromatic carbocycles. The molecular weight excluding hydrogens is 528 g/mol. The predicted molar refractivity (Wildman–Crippen MR) is 150 cm³/mol. The molecule has 3 rings (SSSR count). The zero-order valence-electron chi connectivity index (χ0n) is 22.5. The topological polar surface area (TPSA) is 180 Å². The largest absolute Gasteiger partial charge is 0.508 e. The number of ether oxygens (including phenoxy) is 1. The van der Waals surface area contributed by atoms with Crippen LogP contribution >= 0.6 is 0 Å². The second kappa shape index (κ2) is 15.0. The highest BCUT2D eigenvalue weighted by Crippen LogP contribution is 2.13. The number of phenols is 1. The molecule has 41 heavy (non-hydrogen) atoms. The number of alkyl carbamates (subject to hydrolysis) is 1. The van der Waals surface area contributed by atoms with Crippen LogP contribution in [0.5, 0.6) is 5.75 Å². The number of aliphatic hydroxyl groups is 1. The van der Waals surface area contributed by atoms with Gasteiger partial charge in [-0.2, -0.15) is 0 Å². The van der Waals surface area contributed by atoms with Crippen molar-refractivity contribution >= 4 is 23.8 Å². The minimum Gasteiger partial charge on any atom is -0.508 e. The first-order valence-corrected chi connectivity index (χ1v) is 13.0. The molecule has 0 aliphatic carbocycles. The van der Waals surface area contributed by atoms with E-state index in [2.05, 4.69) is 16.0 Å². The van der Waals surface area contributed by atoms with Gasteiger partial charge in [0, 0.05) is 12.8 Å². The normalized spacial score (nSPS) is 13.6. The van der Waals surface area contributed by atoms with Gasteiger partial charge >= 0.3 is 6.09 Å². The fourth-order valence-corrected chi connectivity index (χ4v) is 4.00. The number of hydrogen-bond acceptors (Lipinski definition) is 7. The average Bonchev–Trinajstić information content (AvgIpc) is 2.95. The second-order valence-corrected chi connectivity index (χ2v) is 9.51. The fraction of sp³-hybridized carbons (Fsp3) is 0.267. The van der Waals surface area contributed by atoms with E-state index in [4.69, 9.17) is 10.5 Å². The average molecular weight is 563 g/mol. The quantitative estimate of drug-likeness (QED) is 0.182. The van der Waals surface area contributed by atoms with Crippen LogP contribution in [0.25, 0.3) is 0 Å². The maximum atomic E-state index is 13.5. The third kappa shape index (κ3) is 9.97. The molecule has 3 aromatic rings. The Bertz CT molecular complexity index is 1300. The number of primary amides is 1. The number of benzene rings is 3. The van der Waals surface area contributed by atoms with Crippen molar-refractivity contribution in [1.29, 1.82) is 0 Å². The highest BCUT2D eigenvalue weighted by Gasteiger charge is 2.31. The molecular formula is C30H34N4O7. The lowest BCUT2D eigenvalue weighted by Crippen LogP contribution is -2.59. The van der Waals surface area contributed by atoms with Gasteiger partial charge in [-0.3, -0.25) is 14.4 Å². The van der Waals surface area contributed by atoms with Crippen LogP contribution in [0, 0.1) is 0 Å². The zero-order chi connectivity index (χ0) is 29.8. The predicted octanol–water partition coefficient (Wildman–Crippen LogP) is 1.31. The summed E-state index contributed by atoms with van der Waals surface area (Å²) in [6, 6.07) is 20.3. The van der Waals surface area contributed by atoms with Crippen LogP contribution in [0.2, 0.25) is 0 Å². The summed E-state index contributed by atoms with van der Waals surface area (Å²) < 4.78 is 5.30. The molecule has 0 heterocycles. The Morgan fingerprint density at radius 3 is 1.76 bits per heavy atom. The molecule has 11 nitrogen and oxygen atoms in total. The molecule has 0 unspecified atom stereocenters. The van der Waals surface area contributed by atoms with Gasteiger partial charge in [-0.25, -0.2) is 4.79 Å². The van der Waals surface area contributed by atoms with Crippen molar-refractivity contribution in [3.05, 3.63) is 102 Å². The lowest BCUT2D eigenvalue weighted by atomic mass is 10.0. The maximum Gasteiger partial charge on any atom is 0.408 e. The van der Waals surface area contributed by atoms with E-state index in [1.807, 2.05) is 24.3 Å². The molecule has 0 aromatic heterocycles. The molecule has 0 saturated heterocycles. The van der Waals surface area contributed by atoms with Crippen LogP contribution < -0.4 is 21.7 Å². The molecule has 0 fully saturated rings. The summed E-state index contributed by atoms with van der Waals surface area (Å²) >= 11 is 0. The summed E-state index contributed by atoms with van der Waals surface area (Å²) in [7, 11) is 0. The zero-order valence-corrected chi connectivity index (χ0v) is 22.5. The molecule has 4 atom stereocenters. The highest BCUT2D eigenvalue weighted by atomic mass is 16.5. The van der Waals surface area contributed by atoms with Gasteiger partial charge in [0.2, 0.25) is 17.7 Å². The number of aromatic hydroxyl groups is 1. The van der Waals surface area contributed by atoms with Gasteiger partial charge in [-0.1, -0.05) is 72.8 Å². The molecule has 0 radical (unpaired) electrons. The highest BCUT2D eigenvalue weighted by molar-refractivity contribution is 5.94. The van der Waals surface area contributed by atoms with Gasteiger partial charge < -0.3 is 36.6 Å². The van der Waals surface area contributed by atoms with E-state index in [9.17, 15) is 29.4 Å². The third-order valence-corrected chi connectivity index (χ3v) is 6.20. The van der Waals surface area contributed by atoms with Crippen LogP contribution in [0.3, 0.4) is 0 Å². The number of hydrogen-bond donors (Lipinski definition) is 6. The first-order valence-electron chi connectivity index (χ1n) is 13.0. The molecule has 11 heteroatoms. The van der Waals surface area contributed by atoms with Crippen molar-refractivity contribution in [2.45, 2.75) is 50.6 Å². The van der Waals surface area contributed by atoms with Crippen molar-refractivity contribution in [2.75, 3.05) is 0 Å². The SMILES string of the molecule is C[C@@H](O)[C@H](NC(=O)[C@@H](Cc1ccc(O)cc1)NC(=O)[C@@H](Cc1ccccc1)NC(=O)OCc1ccccc1)C(N)=O. The number of carbonyl (C=O) groups excluding carboxylic acids is 4.